The third-order valence-electron chi connectivity index (χ3n) is 19.0. The average Bonchev–Trinajstić information content (AvgIpc) is 2.14. The van der Waals surface area contributed by atoms with E-state index in [0.717, 1.165) is 5.69 Å². The number of allylic oxidation sites excluding steroid dienone is 4. The predicted molar refractivity (Wildman–Crippen MR) is 346 cm³/mol. The molecule has 82 heavy (non-hydrogen) atoms. The lowest BCUT2D eigenvalue weighted by atomic mass is 9.63. The van der Waals surface area contributed by atoms with Gasteiger partial charge in [0.25, 0.3) is 0 Å². The summed E-state index contributed by atoms with van der Waals surface area (Å²) < 4.78 is 4.82. The van der Waals surface area contributed by atoms with Gasteiger partial charge < -0.3 is 18.9 Å². The van der Waals surface area contributed by atoms with E-state index in [1.807, 2.05) is 0 Å². The van der Waals surface area contributed by atoms with Gasteiger partial charge in [-0.1, -0.05) is 216 Å². The highest BCUT2D eigenvalue weighted by molar-refractivity contribution is 6.11. The van der Waals surface area contributed by atoms with Crippen molar-refractivity contribution in [2.24, 2.45) is 11.8 Å². The zero-order chi connectivity index (χ0) is 54.8. The van der Waals surface area contributed by atoms with Crippen molar-refractivity contribution < 1.29 is 0 Å². The van der Waals surface area contributed by atoms with Crippen molar-refractivity contribution in [3.63, 3.8) is 0 Å². The van der Waals surface area contributed by atoms with Crippen molar-refractivity contribution in [3.05, 3.63) is 296 Å². The van der Waals surface area contributed by atoms with Crippen molar-refractivity contribution in [3.8, 4) is 33.6 Å². The molecule has 0 radical (unpaired) electrons. The molecule has 0 fully saturated rings. The largest absolute Gasteiger partial charge is 0.334 e. The van der Waals surface area contributed by atoms with Crippen LogP contribution in [0.25, 0.3) is 82.8 Å². The molecular weight excluding hydrogens is 993 g/mol. The molecule has 4 unspecified atom stereocenters. The molecule has 2 aromatic heterocycles. The molecule has 4 heterocycles. The summed E-state index contributed by atoms with van der Waals surface area (Å²) in [5, 5.41) is 5.05. The maximum absolute atomic E-state index is 2.64. The standard InChI is InChI=1S/C78H62N4/c1-77(2)64-32-12-18-38-73(64)81(57-26-20-22-51(46-57)52-40-43-72-63(48-52)62-31-11-17-37-71(62)79(72)56-24-6-5-7-25-56)75-44-41-53(49-66(75)77)54-42-45-76-67(50-54)78(3,4)65-33-13-19-39-74(65)82(76)68-34-14-8-28-59(68)55-23-21-27-58(47-55)80-69-35-15-9-29-60(69)61-30-10-16-36-70(61)80/h5-50,64,67,73,76H,1-4H3. The zero-order valence-electron chi connectivity index (χ0n) is 46.7. The van der Waals surface area contributed by atoms with E-state index < -0.39 is 0 Å². The van der Waals surface area contributed by atoms with Crippen LogP contribution in [0.5, 0.6) is 0 Å². The summed E-state index contributed by atoms with van der Waals surface area (Å²) in [6.07, 6.45) is 16.9. The van der Waals surface area contributed by atoms with Gasteiger partial charge in [-0.3, -0.25) is 0 Å². The molecule has 4 atom stereocenters. The van der Waals surface area contributed by atoms with E-state index in [9.17, 15) is 0 Å². The third-order valence-corrected chi connectivity index (χ3v) is 19.0. The van der Waals surface area contributed by atoms with E-state index in [2.05, 4.69) is 326 Å². The summed E-state index contributed by atoms with van der Waals surface area (Å²) in [6.45, 7) is 9.84. The van der Waals surface area contributed by atoms with Crippen molar-refractivity contribution in [2.45, 2.75) is 50.6 Å². The molecule has 10 aromatic carbocycles. The molecular formula is C78H62N4. The van der Waals surface area contributed by atoms with Gasteiger partial charge in [0.2, 0.25) is 0 Å². The number of rotatable bonds is 7. The lowest BCUT2D eigenvalue weighted by Gasteiger charge is -2.52. The third kappa shape index (κ3) is 7.30. The van der Waals surface area contributed by atoms with Crippen LogP contribution >= 0.6 is 0 Å². The Hall–Kier alpha value is -9.64. The van der Waals surface area contributed by atoms with Gasteiger partial charge >= 0.3 is 0 Å². The first-order valence-corrected chi connectivity index (χ1v) is 29.2. The summed E-state index contributed by atoms with van der Waals surface area (Å²) in [4.78, 5) is 5.26. The fraction of sp³-hybridized carbons (Fsp3) is 0.128. The number of hydrogen-bond acceptors (Lipinski definition) is 2. The highest BCUT2D eigenvalue weighted by atomic mass is 15.2. The molecule has 16 rings (SSSR count). The number of benzene rings is 10. The Morgan fingerprint density at radius 2 is 0.866 bits per heavy atom. The Labute approximate surface area is 480 Å². The van der Waals surface area contributed by atoms with Crippen LogP contribution in [-0.2, 0) is 10.8 Å². The van der Waals surface area contributed by atoms with Crippen molar-refractivity contribution in [1.82, 2.24) is 9.13 Å². The van der Waals surface area contributed by atoms with Crippen molar-refractivity contribution in [1.29, 1.82) is 0 Å². The minimum atomic E-state index is -0.162. The molecule has 0 saturated carbocycles. The van der Waals surface area contributed by atoms with Crippen LogP contribution in [0.3, 0.4) is 0 Å². The topological polar surface area (TPSA) is 16.3 Å². The Morgan fingerprint density at radius 1 is 0.329 bits per heavy atom. The van der Waals surface area contributed by atoms with Gasteiger partial charge in [-0.15, -0.1) is 0 Å². The van der Waals surface area contributed by atoms with E-state index in [1.165, 1.54) is 117 Å². The minimum Gasteiger partial charge on any atom is -0.334 e. The fourth-order valence-corrected chi connectivity index (χ4v) is 15.0. The second-order valence-corrected chi connectivity index (χ2v) is 24.1. The van der Waals surface area contributed by atoms with E-state index >= 15 is 0 Å². The number of hydrogen-bond donors (Lipinski definition) is 0. The molecule has 4 nitrogen and oxygen atoms in total. The first kappa shape index (κ1) is 48.3. The van der Waals surface area contributed by atoms with E-state index in [4.69, 9.17) is 0 Å². The molecule has 0 saturated heterocycles. The minimum absolute atomic E-state index is 0.0790. The Balaban J connectivity index is 0.773. The highest BCUT2D eigenvalue weighted by Crippen LogP contribution is 2.55. The fourth-order valence-electron chi connectivity index (χ4n) is 15.0. The van der Waals surface area contributed by atoms with Crippen LogP contribution in [0.2, 0.25) is 0 Å². The van der Waals surface area contributed by atoms with Gasteiger partial charge in [-0.05, 0) is 130 Å². The van der Waals surface area contributed by atoms with Crippen LogP contribution in [-0.4, -0.2) is 21.2 Å². The quantitative estimate of drug-likeness (QED) is 0.158. The maximum atomic E-state index is 2.64. The summed E-state index contributed by atoms with van der Waals surface area (Å²) in [7, 11) is 0. The number of para-hydroxylation sites is 6. The molecule has 0 bridgehead atoms. The summed E-state index contributed by atoms with van der Waals surface area (Å²) in [5.74, 6) is 0.433. The summed E-state index contributed by atoms with van der Waals surface area (Å²) >= 11 is 0. The predicted octanol–water partition coefficient (Wildman–Crippen LogP) is 19.8. The average molecular weight is 1060 g/mol. The van der Waals surface area contributed by atoms with Crippen molar-refractivity contribution in [2.75, 3.05) is 9.80 Å². The highest BCUT2D eigenvalue weighted by Gasteiger charge is 2.48. The second-order valence-electron chi connectivity index (χ2n) is 24.1. The van der Waals surface area contributed by atoms with Crippen LogP contribution in [0.15, 0.2) is 279 Å². The zero-order valence-corrected chi connectivity index (χ0v) is 46.7. The molecule has 0 amide bonds. The normalized spacial score (nSPS) is 19.3. The smallest absolute Gasteiger partial charge is 0.0597 e. The van der Waals surface area contributed by atoms with Gasteiger partial charge in [0.15, 0.2) is 0 Å². The molecule has 2 aliphatic heterocycles. The van der Waals surface area contributed by atoms with Gasteiger partial charge in [0.1, 0.15) is 0 Å². The van der Waals surface area contributed by atoms with E-state index in [-0.39, 0.29) is 34.7 Å². The van der Waals surface area contributed by atoms with E-state index in [1.54, 1.807) is 0 Å². The first-order valence-electron chi connectivity index (χ1n) is 29.2. The summed E-state index contributed by atoms with van der Waals surface area (Å²) in [5.41, 5.74) is 21.9. The van der Waals surface area contributed by atoms with Crippen LogP contribution < -0.4 is 9.80 Å². The lowest BCUT2D eigenvalue weighted by molar-refractivity contribution is 0.331. The first-order chi connectivity index (χ1) is 40.2. The Kier molecular flexibility index (Phi) is 10.9. The number of fused-ring (bicyclic) bond motifs is 10. The van der Waals surface area contributed by atoms with Gasteiger partial charge in [-0.25, -0.2) is 0 Å². The molecule has 2 aliphatic carbocycles. The molecule has 12 aromatic rings. The van der Waals surface area contributed by atoms with E-state index in [0.29, 0.717) is 0 Å². The van der Waals surface area contributed by atoms with Gasteiger partial charge in [-0.2, -0.15) is 0 Å². The van der Waals surface area contributed by atoms with Crippen LogP contribution in [0, 0.1) is 11.8 Å². The number of aromatic nitrogens is 2. The maximum Gasteiger partial charge on any atom is 0.0597 e. The molecule has 4 aliphatic rings. The molecule has 0 N–H and O–H groups in total. The number of anilines is 4. The Morgan fingerprint density at radius 3 is 1.63 bits per heavy atom. The van der Waals surface area contributed by atoms with Gasteiger partial charge in [0.05, 0.1) is 34.2 Å². The molecule has 0 spiro atoms. The van der Waals surface area contributed by atoms with Crippen LogP contribution in [0.1, 0.15) is 44.4 Å². The SMILES string of the molecule is CC1(C)c2cc(C3=CC4C(C=C3)N(c3ccccc3-c3cccc(-n5c6ccccc6c6ccccc65)c3)c3ccccc3C4(C)C)ccc2N(c2cccc(-c3ccc4c(c3)c3ccccc3n4-c3ccccc3)c2)C2C=CC=CC21. The van der Waals surface area contributed by atoms with Crippen LogP contribution in [0.4, 0.5) is 22.7 Å². The van der Waals surface area contributed by atoms with Gasteiger partial charge in [0, 0.05) is 83.9 Å². The monoisotopic (exact) mass is 1050 g/mol. The summed E-state index contributed by atoms with van der Waals surface area (Å²) in [6, 6.07) is 88.3. The molecule has 4 heteroatoms. The number of nitrogens with zero attached hydrogens (tertiary/aromatic N) is 4. The van der Waals surface area contributed by atoms with Crippen molar-refractivity contribution >= 4 is 71.9 Å². The Bertz CT molecular complexity index is 4640. The second kappa shape index (κ2) is 18.5. The molecule has 394 valence electrons. The lowest BCUT2D eigenvalue weighted by Crippen LogP contribution is -2.50.